The number of hydrogen-bond donors (Lipinski definition) is 1. The van der Waals surface area contributed by atoms with Crippen molar-refractivity contribution in [3.8, 4) is 11.8 Å². The van der Waals surface area contributed by atoms with Crippen LogP contribution in [0.25, 0.3) is 0 Å². The molecule has 0 aromatic heterocycles. The normalized spacial score (nSPS) is 9.13. The molecule has 0 radical (unpaired) electrons. The van der Waals surface area contributed by atoms with Crippen molar-refractivity contribution in [3.05, 3.63) is 0 Å². The third-order valence-electron chi connectivity index (χ3n) is 1.98. The van der Waals surface area contributed by atoms with E-state index < -0.39 is 5.91 Å². The fraction of sp³-hybridized carbons (Fsp3) is 0.667. The molecule has 0 aromatic carbocycles. The van der Waals surface area contributed by atoms with E-state index in [2.05, 4.69) is 18.8 Å². The summed E-state index contributed by atoms with van der Waals surface area (Å²) < 4.78 is 0. The third kappa shape index (κ3) is 10.6. The Labute approximate surface area is 91.4 Å². The zero-order valence-electron chi connectivity index (χ0n) is 9.34. The highest BCUT2D eigenvalue weighted by molar-refractivity contribution is 5.97. The summed E-state index contributed by atoms with van der Waals surface area (Å²) in [7, 11) is 0. The highest BCUT2D eigenvalue weighted by atomic mass is 16.1. The molecule has 0 aliphatic carbocycles. The molecule has 2 N–H and O–H groups in total. The molecule has 84 valence electrons. The van der Waals surface area contributed by atoms with Gasteiger partial charge in [0, 0.05) is 19.3 Å². The molecule has 0 unspecified atom stereocenters. The molecular weight excluding hydrogens is 190 g/mol. The number of carbonyl (C=O) groups excluding carboxylic acids is 2. The Kier molecular flexibility index (Phi) is 8.46. The van der Waals surface area contributed by atoms with E-state index in [0.717, 1.165) is 12.8 Å². The minimum absolute atomic E-state index is 0.101. The monoisotopic (exact) mass is 209 g/mol. The summed E-state index contributed by atoms with van der Waals surface area (Å²) in [6.45, 7) is 2.15. The van der Waals surface area contributed by atoms with Crippen molar-refractivity contribution < 1.29 is 9.59 Å². The molecule has 0 aromatic rings. The van der Waals surface area contributed by atoms with Crippen molar-refractivity contribution in [2.24, 2.45) is 5.73 Å². The largest absolute Gasteiger partial charge is 0.370 e. The summed E-state index contributed by atoms with van der Waals surface area (Å²) in [5.74, 6) is 4.69. The molecule has 0 spiro atoms. The van der Waals surface area contributed by atoms with Gasteiger partial charge in [-0.2, -0.15) is 0 Å². The van der Waals surface area contributed by atoms with Crippen LogP contribution in [0.15, 0.2) is 0 Å². The number of nitrogens with two attached hydrogens (primary N) is 1. The van der Waals surface area contributed by atoms with Crippen LogP contribution in [0.2, 0.25) is 0 Å². The van der Waals surface area contributed by atoms with E-state index in [9.17, 15) is 9.59 Å². The number of rotatable bonds is 7. The van der Waals surface area contributed by atoms with Crippen molar-refractivity contribution in [2.45, 2.75) is 51.9 Å². The van der Waals surface area contributed by atoms with E-state index in [1.807, 2.05) is 0 Å². The molecule has 0 aliphatic heterocycles. The first-order valence-electron chi connectivity index (χ1n) is 5.46. The molecule has 15 heavy (non-hydrogen) atoms. The molecule has 0 saturated heterocycles. The topological polar surface area (TPSA) is 60.2 Å². The Balaban J connectivity index is 3.49. The van der Waals surface area contributed by atoms with E-state index in [-0.39, 0.29) is 18.6 Å². The Morgan fingerprint density at radius 1 is 1.13 bits per heavy atom. The average molecular weight is 209 g/mol. The highest BCUT2D eigenvalue weighted by Gasteiger charge is 1.99. The van der Waals surface area contributed by atoms with Gasteiger partial charge in [-0.15, -0.1) is 0 Å². The predicted octanol–water partition coefficient (Wildman–Crippen LogP) is 1.79. The Morgan fingerprint density at radius 2 is 1.87 bits per heavy atom. The lowest BCUT2D eigenvalue weighted by Gasteiger charge is -1.92. The minimum atomic E-state index is -0.451. The lowest BCUT2D eigenvalue weighted by atomic mass is 10.1. The van der Waals surface area contributed by atoms with Crippen LogP contribution in [0, 0.1) is 11.8 Å². The first kappa shape index (κ1) is 13.7. The van der Waals surface area contributed by atoms with Crippen LogP contribution in [0.1, 0.15) is 51.9 Å². The van der Waals surface area contributed by atoms with Gasteiger partial charge in [-0.25, -0.2) is 0 Å². The molecule has 0 atom stereocenters. The number of Topliss-reactive ketones (excluding diaryl/α,β-unsaturated/α-hetero) is 1. The van der Waals surface area contributed by atoms with Crippen LogP contribution >= 0.6 is 0 Å². The van der Waals surface area contributed by atoms with Crippen LogP contribution in [-0.4, -0.2) is 11.7 Å². The first-order chi connectivity index (χ1) is 7.16. The summed E-state index contributed by atoms with van der Waals surface area (Å²) in [4.78, 5) is 21.4. The van der Waals surface area contributed by atoms with E-state index in [4.69, 9.17) is 5.73 Å². The summed E-state index contributed by atoms with van der Waals surface area (Å²) in [6, 6.07) is 0. The van der Waals surface area contributed by atoms with E-state index in [1.54, 1.807) is 0 Å². The van der Waals surface area contributed by atoms with Gasteiger partial charge in [0.15, 0.2) is 0 Å². The number of hydrogen-bond acceptors (Lipinski definition) is 2. The number of ketones is 1. The van der Waals surface area contributed by atoms with Crippen molar-refractivity contribution >= 4 is 11.7 Å². The van der Waals surface area contributed by atoms with E-state index >= 15 is 0 Å². The number of amides is 1. The maximum Gasteiger partial charge on any atom is 0.217 e. The Hall–Kier alpha value is -1.30. The van der Waals surface area contributed by atoms with Crippen LogP contribution in [0.5, 0.6) is 0 Å². The van der Waals surface area contributed by atoms with Crippen LogP contribution in [-0.2, 0) is 9.59 Å². The lowest BCUT2D eigenvalue weighted by molar-refractivity contribution is -0.121. The standard InChI is InChI=1S/C12H19NO2/c1-2-3-4-5-6-7-8-11(14)9-10-12(13)15/h2-6,9-10H2,1H3,(H2,13,15). The van der Waals surface area contributed by atoms with E-state index in [1.165, 1.54) is 19.3 Å². The van der Waals surface area contributed by atoms with Gasteiger partial charge in [0.25, 0.3) is 0 Å². The van der Waals surface area contributed by atoms with E-state index in [0.29, 0.717) is 0 Å². The SMILES string of the molecule is CCCCCCC#CC(=O)CCC(N)=O. The van der Waals surface area contributed by atoms with Crippen LogP contribution in [0.4, 0.5) is 0 Å². The van der Waals surface area contributed by atoms with Gasteiger partial charge >= 0.3 is 0 Å². The molecular formula is C12H19NO2. The minimum Gasteiger partial charge on any atom is -0.370 e. The zero-order valence-corrected chi connectivity index (χ0v) is 9.34. The second-order valence-corrected chi connectivity index (χ2v) is 3.50. The molecule has 0 heterocycles. The molecule has 1 amide bonds. The predicted molar refractivity (Wildman–Crippen MR) is 60.0 cm³/mol. The average Bonchev–Trinajstić information content (AvgIpc) is 2.20. The molecule has 0 rings (SSSR count). The second kappa shape index (κ2) is 9.26. The summed E-state index contributed by atoms with van der Waals surface area (Å²) in [5, 5.41) is 0. The van der Waals surface area contributed by atoms with Gasteiger partial charge in [0.05, 0.1) is 0 Å². The fourth-order valence-electron chi connectivity index (χ4n) is 1.10. The number of carbonyl (C=O) groups is 2. The lowest BCUT2D eigenvalue weighted by Crippen LogP contribution is -2.11. The molecule has 0 aliphatic rings. The maximum atomic E-state index is 11.1. The smallest absolute Gasteiger partial charge is 0.217 e. The maximum absolute atomic E-state index is 11.1. The number of unbranched alkanes of at least 4 members (excludes halogenated alkanes) is 4. The molecule has 3 nitrogen and oxygen atoms in total. The summed E-state index contributed by atoms with van der Waals surface area (Å²) >= 11 is 0. The molecule has 0 bridgehead atoms. The Morgan fingerprint density at radius 3 is 2.47 bits per heavy atom. The van der Waals surface area contributed by atoms with Gasteiger partial charge in [-0.3, -0.25) is 9.59 Å². The zero-order chi connectivity index (χ0) is 11.5. The first-order valence-corrected chi connectivity index (χ1v) is 5.46. The quantitative estimate of drug-likeness (QED) is 0.395. The van der Waals surface area contributed by atoms with Gasteiger partial charge in [-0.1, -0.05) is 32.1 Å². The second-order valence-electron chi connectivity index (χ2n) is 3.50. The summed E-state index contributed by atoms with van der Waals surface area (Å²) in [6.07, 6.45) is 5.65. The summed E-state index contributed by atoms with van der Waals surface area (Å²) in [5.41, 5.74) is 4.91. The van der Waals surface area contributed by atoms with Crippen molar-refractivity contribution in [3.63, 3.8) is 0 Å². The molecule has 0 saturated carbocycles. The van der Waals surface area contributed by atoms with Gasteiger partial charge in [0.1, 0.15) is 0 Å². The highest BCUT2D eigenvalue weighted by Crippen LogP contribution is 2.00. The van der Waals surface area contributed by atoms with Crippen molar-refractivity contribution in [1.82, 2.24) is 0 Å². The third-order valence-corrected chi connectivity index (χ3v) is 1.98. The van der Waals surface area contributed by atoms with Crippen molar-refractivity contribution in [2.75, 3.05) is 0 Å². The van der Waals surface area contributed by atoms with Crippen LogP contribution in [0.3, 0.4) is 0 Å². The molecule has 0 fully saturated rings. The van der Waals surface area contributed by atoms with Gasteiger partial charge in [-0.05, 0) is 12.3 Å². The van der Waals surface area contributed by atoms with Crippen LogP contribution < -0.4 is 5.73 Å². The number of primary amides is 1. The Bertz CT molecular complexity index is 261. The fourth-order valence-corrected chi connectivity index (χ4v) is 1.10. The van der Waals surface area contributed by atoms with Gasteiger partial charge < -0.3 is 5.73 Å². The molecule has 3 heteroatoms. The van der Waals surface area contributed by atoms with Crippen molar-refractivity contribution in [1.29, 1.82) is 0 Å². The van der Waals surface area contributed by atoms with Gasteiger partial charge in [0.2, 0.25) is 11.7 Å².